The van der Waals surface area contributed by atoms with Crippen LogP contribution in [0.4, 0.5) is 0 Å². The molecule has 1 heterocycles. The maximum absolute atomic E-state index is 12.4. The van der Waals surface area contributed by atoms with E-state index in [-0.39, 0.29) is 11.7 Å². The van der Waals surface area contributed by atoms with Crippen LogP contribution in [-0.4, -0.2) is 30.0 Å². The Morgan fingerprint density at radius 1 is 1.31 bits per heavy atom. The van der Waals surface area contributed by atoms with Crippen LogP contribution in [-0.2, 0) is 16.0 Å². The maximum atomic E-state index is 12.4. The molecule has 2 rings (SSSR count). The van der Waals surface area contributed by atoms with Gasteiger partial charge in [0, 0.05) is 6.42 Å². The molecule has 7 heteroatoms. The number of unbranched alkanes of at least 4 members (excludes halogenated alkanes) is 1. The standard InChI is InChI=1S/C19H25N3O4/c1-3-4-10-14(20)18-22-16(12-26-18)17(23)21-15(19(24)25-2)11-13-8-6-5-7-9-13/h5-9,12,14-15H,3-4,10-11,20H2,1-2H3,(H,21,23). The van der Waals surface area contributed by atoms with Gasteiger partial charge in [0.1, 0.15) is 12.3 Å². The molecule has 26 heavy (non-hydrogen) atoms. The first-order valence-corrected chi connectivity index (χ1v) is 8.68. The van der Waals surface area contributed by atoms with Crippen LogP contribution < -0.4 is 11.1 Å². The molecule has 0 aliphatic heterocycles. The molecule has 0 spiro atoms. The number of aromatic nitrogens is 1. The molecule has 2 atom stereocenters. The van der Waals surface area contributed by atoms with Gasteiger partial charge in [0.15, 0.2) is 5.69 Å². The summed E-state index contributed by atoms with van der Waals surface area (Å²) < 4.78 is 10.1. The normalized spacial score (nSPS) is 13.0. The van der Waals surface area contributed by atoms with Crippen molar-refractivity contribution in [1.82, 2.24) is 10.3 Å². The Balaban J connectivity index is 2.04. The number of hydrogen-bond donors (Lipinski definition) is 2. The number of nitrogens with two attached hydrogens (primary N) is 1. The van der Waals surface area contributed by atoms with E-state index < -0.39 is 17.9 Å². The van der Waals surface area contributed by atoms with Crippen LogP contribution in [0, 0.1) is 0 Å². The minimum Gasteiger partial charge on any atom is -0.467 e. The van der Waals surface area contributed by atoms with Gasteiger partial charge < -0.3 is 20.2 Å². The number of carbonyl (C=O) groups excluding carboxylic acids is 2. The molecule has 0 saturated carbocycles. The molecule has 0 aliphatic carbocycles. The van der Waals surface area contributed by atoms with Crippen LogP contribution in [0.2, 0.25) is 0 Å². The lowest BCUT2D eigenvalue weighted by Gasteiger charge is -2.15. The van der Waals surface area contributed by atoms with Crippen LogP contribution in [0.5, 0.6) is 0 Å². The van der Waals surface area contributed by atoms with Gasteiger partial charge in [-0.15, -0.1) is 0 Å². The first-order chi connectivity index (χ1) is 12.5. The zero-order chi connectivity index (χ0) is 18.9. The fraction of sp³-hybridized carbons (Fsp3) is 0.421. The second kappa shape index (κ2) is 9.72. The molecule has 1 aromatic carbocycles. The Hall–Kier alpha value is -2.67. The number of carbonyl (C=O) groups is 2. The number of oxazole rings is 1. The van der Waals surface area contributed by atoms with E-state index >= 15 is 0 Å². The third-order valence-corrected chi connectivity index (χ3v) is 4.01. The molecule has 3 N–H and O–H groups in total. The highest BCUT2D eigenvalue weighted by molar-refractivity contribution is 5.95. The van der Waals surface area contributed by atoms with Crippen LogP contribution in [0.15, 0.2) is 41.0 Å². The van der Waals surface area contributed by atoms with E-state index in [1.54, 1.807) is 0 Å². The molecular weight excluding hydrogens is 334 g/mol. The Morgan fingerprint density at radius 2 is 2.04 bits per heavy atom. The minimum absolute atomic E-state index is 0.0916. The largest absolute Gasteiger partial charge is 0.467 e. The summed E-state index contributed by atoms with van der Waals surface area (Å²) in [5, 5.41) is 2.65. The molecule has 2 aromatic rings. The van der Waals surface area contributed by atoms with Crippen LogP contribution in [0.1, 0.15) is 54.2 Å². The predicted molar refractivity (Wildman–Crippen MR) is 96.4 cm³/mol. The number of benzene rings is 1. The number of amides is 1. The lowest BCUT2D eigenvalue weighted by atomic mass is 10.1. The van der Waals surface area contributed by atoms with Crippen molar-refractivity contribution in [3.05, 3.63) is 53.7 Å². The number of esters is 1. The third-order valence-electron chi connectivity index (χ3n) is 4.01. The minimum atomic E-state index is -0.816. The van der Waals surface area contributed by atoms with Gasteiger partial charge in [0.25, 0.3) is 5.91 Å². The number of rotatable bonds is 9. The van der Waals surface area contributed by atoms with E-state index in [1.807, 2.05) is 30.3 Å². The Bertz CT molecular complexity index is 715. The van der Waals surface area contributed by atoms with E-state index in [0.717, 1.165) is 24.8 Å². The molecule has 0 fully saturated rings. The lowest BCUT2D eigenvalue weighted by molar-refractivity contribution is -0.142. The lowest BCUT2D eigenvalue weighted by Crippen LogP contribution is -2.43. The quantitative estimate of drug-likeness (QED) is 0.666. The van der Waals surface area contributed by atoms with Gasteiger partial charge in [-0.3, -0.25) is 4.79 Å². The van der Waals surface area contributed by atoms with Crippen molar-refractivity contribution in [3.63, 3.8) is 0 Å². The fourth-order valence-electron chi connectivity index (χ4n) is 2.53. The Kier molecular flexibility index (Phi) is 7.35. The van der Waals surface area contributed by atoms with Gasteiger partial charge in [-0.25, -0.2) is 9.78 Å². The number of methoxy groups -OCH3 is 1. The van der Waals surface area contributed by atoms with Crippen molar-refractivity contribution >= 4 is 11.9 Å². The second-order valence-electron chi connectivity index (χ2n) is 6.06. The SMILES string of the molecule is CCCCC(N)c1nc(C(=O)NC(Cc2ccccc2)C(=O)OC)co1. The van der Waals surface area contributed by atoms with Crippen molar-refractivity contribution < 1.29 is 18.7 Å². The van der Waals surface area contributed by atoms with E-state index in [1.165, 1.54) is 13.4 Å². The van der Waals surface area contributed by atoms with Gasteiger partial charge >= 0.3 is 5.97 Å². The molecule has 0 radical (unpaired) electrons. The Morgan fingerprint density at radius 3 is 2.69 bits per heavy atom. The summed E-state index contributed by atoms with van der Waals surface area (Å²) in [6.45, 7) is 2.07. The zero-order valence-electron chi connectivity index (χ0n) is 15.1. The molecule has 0 aliphatic rings. The summed E-state index contributed by atoms with van der Waals surface area (Å²) in [6.07, 6.45) is 4.28. The van der Waals surface area contributed by atoms with E-state index in [9.17, 15) is 9.59 Å². The first kappa shape index (κ1) is 19.7. The number of nitrogens with one attached hydrogen (secondary N) is 1. The highest BCUT2D eigenvalue weighted by Gasteiger charge is 2.24. The summed E-state index contributed by atoms with van der Waals surface area (Å²) in [4.78, 5) is 28.6. The molecule has 7 nitrogen and oxygen atoms in total. The van der Waals surface area contributed by atoms with E-state index in [2.05, 4.69) is 17.2 Å². The van der Waals surface area contributed by atoms with Gasteiger partial charge in [-0.2, -0.15) is 0 Å². The van der Waals surface area contributed by atoms with Gasteiger partial charge in [0.2, 0.25) is 5.89 Å². The smallest absolute Gasteiger partial charge is 0.328 e. The van der Waals surface area contributed by atoms with Crippen molar-refractivity contribution in [3.8, 4) is 0 Å². The van der Waals surface area contributed by atoms with Crippen molar-refractivity contribution in [2.75, 3.05) is 7.11 Å². The summed E-state index contributed by atoms with van der Waals surface area (Å²) in [5.74, 6) is -0.708. The molecule has 0 saturated heterocycles. The highest BCUT2D eigenvalue weighted by Crippen LogP contribution is 2.16. The molecule has 1 amide bonds. The van der Waals surface area contributed by atoms with Crippen molar-refractivity contribution in [2.45, 2.75) is 44.7 Å². The maximum Gasteiger partial charge on any atom is 0.328 e. The molecule has 1 aromatic heterocycles. The fourth-order valence-corrected chi connectivity index (χ4v) is 2.53. The molecule has 140 valence electrons. The highest BCUT2D eigenvalue weighted by atomic mass is 16.5. The summed E-state index contributed by atoms with van der Waals surface area (Å²) in [5.41, 5.74) is 7.01. The third kappa shape index (κ3) is 5.42. The predicted octanol–water partition coefficient (Wildman–Crippen LogP) is 2.38. The first-order valence-electron chi connectivity index (χ1n) is 8.68. The van der Waals surface area contributed by atoms with Crippen molar-refractivity contribution in [2.24, 2.45) is 5.73 Å². The average Bonchev–Trinajstić information content (AvgIpc) is 3.16. The molecular formula is C19H25N3O4. The van der Waals surface area contributed by atoms with E-state index in [0.29, 0.717) is 12.3 Å². The van der Waals surface area contributed by atoms with Crippen LogP contribution in [0.3, 0.4) is 0 Å². The second-order valence-corrected chi connectivity index (χ2v) is 6.06. The molecule has 0 bridgehead atoms. The molecule has 2 unspecified atom stereocenters. The summed E-state index contributed by atoms with van der Waals surface area (Å²) in [6, 6.07) is 8.21. The van der Waals surface area contributed by atoms with Crippen molar-refractivity contribution in [1.29, 1.82) is 0 Å². The topological polar surface area (TPSA) is 107 Å². The Labute approximate surface area is 152 Å². The summed E-state index contributed by atoms with van der Waals surface area (Å²) >= 11 is 0. The van der Waals surface area contributed by atoms with Gasteiger partial charge in [-0.05, 0) is 12.0 Å². The van der Waals surface area contributed by atoms with Crippen LogP contribution in [0.25, 0.3) is 0 Å². The number of ether oxygens (including phenoxy) is 1. The number of nitrogens with zero attached hydrogens (tertiary/aromatic N) is 1. The van der Waals surface area contributed by atoms with Gasteiger partial charge in [0.05, 0.1) is 13.2 Å². The summed E-state index contributed by atoms with van der Waals surface area (Å²) in [7, 11) is 1.29. The van der Waals surface area contributed by atoms with Gasteiger partial charge in [-0.1, -0.05) is 50.1 Å². The number of hydrogen-bond acceptors (Lipinski definition) is 6. The monoisotopic (exact) mass is 359 g/mol. The zero-order valence-corrected chi connectivity index (χ0v) is 15.1. The van der Waals surface area contributed by atoms with Crippen LogP contribution >= 0.6 is 0 Å². The average molecular weight is 359 g/mol. The van der Waals surface area contributed by atoms with E-state index in [4.69, 9.17) is 14.9 Å².